The van der Waals surface area contributed by atoms with Gasteiger partial charge >= 0.3 is 0 Å². The highest BCUT2D eigenvalue weighted by Gasteiger charge is 2.16. The van der Waals surface area contributed by atoms with E-state index in [4.69, 9.17) is 14.0 Å². The van der Waals surface area contributed by atoms with Crippen LogP contribution in [0.15, 0.2) is 65.2 Å². The maximum atomic E-state index is 13.0. The van der Waals surface area contributed by atoms with Crippen LogP contribution in [0.5, 0.6) is 11.5 Å². The van der Waals surface area contributed by atoms with Crippen molar-refractivity contribution in [3.8, 4) is 11.5 Å². The highest BCUT2D eigenvalue weighted by molar-refractivity contribution is 6.01. The third-order valence-electron chi connectivity index (χ3n) is 5.12. The first kappa shape index (κ1) is 21.4. The number of nitrogens with one attached hydrogen (secondary N) is 1. The van der Waals surface area contributed by atoms with Crippen molar-refractivity contribution in [2.45, 2.75) is 20.5 Å². The second-order valence-corrected chi connectivity index (χ2v) is 7.35. The highest BCUT2D eigenvalue weighted by atomic mass is 19.1. The largest absolute Gasteiger partial charge is 0.492 e. The fourth-order valence-corrected chi connectivity index (χ4v) is 3.33. The first-order valence-electron chi connectivity index (χ1n) is 10.2. The number of halogens is 1. The van der Waals surface area contributed by atoms with Crippen LogP contribution < -0.4 is 14.8 Å². The molecule has 1 amide bonds. The van der Waals surface area contributed by atoms with E-state index in [2.05, 4.69) is 10.5 Å². The van der Waals surface area contributed by atoms with Crippen molar-refractivity contribution in [1.82, 2.24) is 10.5 Å². The van der Waals surface area contributed by atoms with Crippen molar-refractivity contribution in [3.63, 3.8) is 0 Å². The lowest BCUT2D eigenvalue weighted by Crippen LogP contribution is -2.28. The normalized spacial score (nSPS) is 10.8. The predicted octanol–water partition coefficient (Wildman–Crippen LogP) is 4.97. The number of carbonyl (C=O) groups excluding carboxylic acids is 1. The Hall–Kier alpha value is -3.87. The van der Waals surface area contributed by atoms with Crippen LogP contribution in [0.1, 0.15) is 27.4 Å². The molecule has 4 rings (SSSR count). The lowest BCUT2D eigenvalue weighted by molar-refractivity contribution is 0.0942. The molecule has 7 heteroatoms. The maximum absolute atomic E-state index is 13.0. The number of fused-ring (bicyclic) bond motifs is 1. The molecule has 0 unspecified atom stereocenters. The Balaban J connectivity index is 1.47. The molecule has 0 aliphatic carbocycles. The summed E-state index contributed by atoms with van der Waals surface area (Å²) in [5, 5.41) is 8.70. The monoisotopic (exact) mass is 434 g/mol. The van der Waals surface area contributed by atoms with Gasteiger partial charge in [0.1, 0.15) is 36.3 Å². The summed E-state index contributed by atoms with van der Waals surface area (Å²) in [7, 11) is 0. The van der Waals surface area contributed by atoms with Crippen LogP contribution in [0.4, 0.5) is 4.39 Å². The molecule has 164 valence electrons. The predicted molar refractivity (Wildman–Crippen MR) is 118 cm³/mol. The van der Waals surface area contributed by atoms with E-state index in [0.717, 1.165) is 22.0 Å². The first-order chi connectivity index (χ1) is 15.5. The highest BCUT2D eigenvalue weighted by Crippen LogP contribution is 2.28. The average Bonchev–Trinajstić information content (AvgIpc) is 3.12. The Labute approximate surface area is 184 Å². The standard InChI is InChI=1S/C25H23FN2O4/c1-16-23(17(2)32-28-16)15-31-24-14-19-6-4-3-5-18(19)13-22(24)25(29)27-11-12-30-21-9-7-20(26)8-10-21/h3-10,13-14H,11-12,15H2,1-2H3,(H,27,29). The number of hydrogen-bond acceptors (Lipinski definition) is 5. The van der Waals surface area contributed by atoms with Crippen LogP contribution in [0.3, 0.4) is 0 Å². The SMILES string of the molecule is Cc1noc(C)c1COc1cc2ccccc2cc1C(=O)NCCOc1ccc(F)cc1. The maximum Gasteiger partial charge on any atom is 0.255 e. The molecule has 32 heavy (non-hydrogen) atoms. The van der Waals surface area contributed by atoms with Crippen molar-refractivity contribution < 1.29 is 23.2 Å². The van der Waals surface area contributed by atoms with Crippen LogP contribution >= 0.6 is 0 Å². The Kier molecular flexibility index (Phi) is 6.35. The van der Waals surface area contributed by atoms with Crippen molar-refractivity contribution in [2.75, 3.05) is 13.2 Å². The molecule has 0 saturated carbocycles. The zero-order valence-electron chi connectivity index (χ0n) is 17.9. The van der Waals surface area contributed by atoms with Gasteiger partial charge in [0, 0.05) is 0 Å². The number of aromatic nitrogens is 1. The fourth-order valence-electron chi connectivity index (χ4n) is 3.33. The average molecular weight is 434 g/mol. The van der Waals surface area contributed by atoms with E-state index < -0.39 is 0 Å². The molecule has 6 nitrogen and oxygen atoms in total. The topological polar surface area (TPSA) is 73.6 Å². The van der Waals surface area contributed by atoms with Crippen molar-refractivity contribution in [1.29, 1.82) is 0 Å². The van der Waals surface area contributed by atoms with E-state index in [1.54, 1.807) is 12.1 Å². The van der Waals surface area contributed by atoms with Gasteiger partial charge in [-0.05, 0) is 61.0 Å². The number of hydrogen-bond donors (Lipinski definition) is 1. The quantitative estimate of drug-likeness (QED) is 0.396. The minimum absolute atomic E-state index is 0.244. The number of aryl methyl sites for hydroxylation is 2. The van der Waals surface area contributed by atoms with Gasteiger partial charge in [0.15, 0.2) is 0 Å². The zero-order chi connectivity index (χ0) is 22.5. The Morgan fingerprint density at radius 2 is 1.75 bits per heavy atom. The molecule has 1 N–H and O–H groups in total. The second-order valence-electron chi connectivity index (χ2n) is 7.35. The number of nitrogens with zero attached hydrogens (tertiary/aromatic N) is 1. The van der Waals surface area contributed by atoms with Crippen LogP contribution in [0.2, 0.25) is 0 Å². The number of ether oxygens (including phenoxy) is 2. The molecular formula is C25H23FN2O4. The second kappa shape index (κ2) is 9.51. The summed E-state index contributed by atoms with van der Waals surface area (Å²) in [6.07, 6.45) is 0. The van der Waals surface area contributed by atoms with Crippen LogP contribution in [0, 0.1) is 19.7 Å². The lowest BCUT2D eigenvalue weighted by Gasteiger charge is -2.14. The Bertz CT molecular complexity index is 1220. The van der Waals surface area contributed by atoms with Gasteiger partial charge in [-0.25, -0.2) is 4.39 Å². The summed E-state index contributed by atoms with van der Waals surface area (Å²) in [5.74, 6) is 1.10. The molecule has 0 bridgehead atoms. The molecular weight excluding hydrogens is 411 g/mol. The molecule has 3 aromatic carbocycles. The molecule has 1 aromatic heterocycles. The van der Waals surface area contributed by atoms with Crippen molar-refractivity contribution in [3.05, 3.63) is 89.1 Å². The molecule has 0 aliphatic heterocycles. The Morgan fingerprint density at radius 1 is 1.03 bits per heavy atom. The van der Waals surface area contributed by atoms with Crippen molar-refractivity contribution >= 4 is 16.7 Å². The third kappa shape index (κ3) is 4.88. The molecule has 0 atom stereocenters. The van der Waals surface area contributed by atoms with Gasteiger partial charge in [0.05, 0.1) is 23.4 Å². The van der Waals surface area contributed by atoms with Gasteiger partial charge in [-0.2, -0.15) is 0 Å². The third-order valence-corrected chi connectivity index (χ3v) is 5.12. The van der Waals surface area contributed by atoms with Crippen LogP contribution in [-0.4, -0.2) is 24.2 Å². The summed E-state index contributed by atoms with van der Waals surface area (Å²) in [5.41, 5.74) is 2.04. The summed E-state index contributed by atoms with van der Waals surface area (Å²) in [4.78, 5) is 12.9. The van der Waals surface area contributed by atoms with Gasteiger partial charge < -0.3 is 19.3 Å². The Morgan fingerprint density at radius 3 is 2.44 bits per heavy atom. The lowest BCUT2D eigenvalue weighted by atomic mass is 10.1. The molecule has 0 aliphatic rings. The molecule has 0 fully saturated rings. The van der Waals surface area contributed by atoms with Gasteiger partial charge in [-0.3, -0.25) is 4.79 Å². The van der Waals surface area contributed by atoms with E-state index >= 15 is 0 Å². The zero-order valence-corrected chi connectivity index (χ0v) is 17.9. The van der Waals surface area contributed by atoms with E-state index in [1.165, 1.54) is 12.1 Å². The van der Waals surface area contributed by atoms with E-state index in [-0.39, 0.29) is 31.5 Å². The summed E-state index contributed by atoms with van der Waals surface area (Å²) >= 11 is 0. The molecule has 0 radical (unpaired) electrons. The van der Waals surface area contributed by atoms with E-state index in [9.17, 15) is 9.18 Å². The molecule has 4 aromatic rings. The van der Waals surface area contributed by atoms with Crippen LogP contribution in [-0.2, 0) is 6.61 Å². The molecule has 1 heterocycles. The van der Waals surface area contributed by atoms with Gasteiger partial charge in [-0.15, -0.1) is 0 Å². The number of carbonyl (C=O) groups is 1. The molecule has 0 spiro atoms. The van der Waals surface area contributed by atoms with Gasteiger partial charge in [-0.1, -0.05) is 29.4 Å². The van der Waals surface area contributed by atoms with Gasteiger partial charge in [0.25, 0.3) is 5.91 Å². The number of rotatable bonds is 8. The summed E-state index contributed by atoms with van der Waals surface area (Å²) < 4.78 is 29.7. The minimum Gasteiger partial charge on any atom is -0.492 e. The first-order valence-corrected chi connectivity index (χ1v) is 10.2. The smallest absolute Gasteiger partial charge is 0.255 e. The number of amides is 1. The van der Waals surface area contributed by atoms with Gasteiger partial charge in [0.2, 0.25) is 0 Å². The summed E-state index contributed by atoms with van der Waals surface area (Å²) in [6.45, 7) is 4.46. The summed E-state index contributed by atoms with van der Waals surface area (Å²) in [6, 6.07) is 17.2. The van der Waals surface area contributed by atoms with E-state index in [1.807, 2.05) is 50.2 Å². The minimum atomic E-state index is -0.328. The number of benzene rings is 3. The van der Waals surface area contributed by atoms with Crippen LogP contribution in [0.25, 0.3) is 10.8 Å². The fraction of sp³-hybridized carbons (Fsp3) is 0.200. The van der Waals surface area contributed by atoms with E-state index in [0.29, 0.717) is 22.8 Å². The molecule has 0 saturated heterocycles. The van der Waals surface area contributed by atoms with Crippen molar-refractivity contribution in [2.24, 2.45) is 0 Å².